The molecule has 0 saturated heterocycles. The molecule has 0 aromatic heterocycles. The van der Waals surface area contributed by atoms with E-state index < -0.39 is 22.5 Å². The minimum atomic E-state index is -4.03. The zero-order chi connectivity index (χ0) is 30.1. The number of amides is 2. The van der Waals surface area contributed by atoms with Crippen LogP contribution in [0.2, 0.25) is 5.02 Å². The van der Waals surface area contributed by atoms with Gasteiger partial charge in [0.05, 0.1) is 16.8 Å². The molecule has 0 aliphatic carbocycles. The molecule has 216 valence electrons. The van der Waals surface area contributed by atoms with Gasteiger partial charge in [-0.05, 0) is 91.2 Å². The number of benzene rings is 4. The van der Waals surface area contributed by atoms with Gasteiger partial charge in [-0.2, -0.15) is 5.10 Å². The lowest BCUT2D eigenvalue weighted by Crippen LogP contribution is -2.40. The predicted molar refractivity (Wildman–Crippen MR) is 165 cm³/mol. The minimum Gasteiger partial charge on any atom is -0.484 e. The van der Waals surface area contributed by atoms with E-state index in [2.05, 4.69) is 15.8 Å². The first kappa shape index (κ1) is 30.3. The fraction of sp³-hybridized carbons (Fsp3) is 0.129. The van der Waals surface area contributed by atoms with Crippen LogP contribution in [0.3, 0.4) is 0 Å². The molecule has 0 atom stereocenters. The second-order valence-electron chi connectivity index (χ2n) is 9.32. The fourth-order valence-corrected chi connectivity index (χ4v) is 5.60. The average Bonchev–Trinajstić information content (AvgIpc) is 2.97. The zero-order valence-electron chi connectivity index (χ0n) is 23.0. The molecule has 0 radical (unpaired) electrons. The number of ether oxygens (including phenoxy) is 1. The summed E-state index contributed by atoms with van der Waals surface area (Å²) in [4.78, 5) is 25.1. The third kappa shape index (κ3) is 8.18. The number of nitrogens with one attached hydrogen (secondary N) is 2. The van der Waals surface area contributed by atoms with Gasteiger partial charge in [0.25, 0.3) is 21.8 Å². The van der Waals surface area contributed by atoms with Crippen molar-refractivity contribution in [3.05, 3.63) is 119 Å². The molecule has 4 aromatic rings. The molecule has 4 aromatic carbocycles. The van der Waals surface area contributed by atoms with Crippen LogP contribution in [0.25, 0.3) is 0 Å². The lowest BCUT2D eigenvalue weighted by Gasteiger charge is -2.25. The van der Waals surface area contributed by atoms with Gasteiger partial charge >= 0.3 is 0 Å². The second kappa shape index (κ2) is 13.8. The normalized spacial score (nSPS) is 11.2. The molecule has 0 heterocycles. The number of hydrogen-bond donors (Lipinski definition) is 2. The summed E-state index contributed by atoms with van der Waals surface area (Å²) < 4.78 is 33.7. The summed E-state index contributed by atoms with van der Waals surface area (Å²) in [5.74, 6) is -0.486. The Morgan fingerprint density at radius 3 is 2.36 bits per heavy atom. The number of rotatable bonds is 11. The molecule has 2 N–H and O–H groups in total. The number of anilines is 2. The van der Waals surface area contributed by atoms with Gasteiger partial charge in [0.15, 0.2) is 6.61 Å². The van der Waals surface area contributed by atoms with E-state index in [0.717, 1.165) is 9.87 Å². The lowest BCUT2D eigenvalue weighted by molar-refractivity contribution is -0.119. The number of sulfonamides is 1. The summed E-state index contributed by atoms with van der Waals surface area (Å²) in [6.45, 7) is 2.98. The highest BCUT2D eigenvalue weighted by Gasteiger charge is 2.28. The predicted octanol–water partition coefficient (Wildman–Crippen LogP) is 5.32. The Bertz CT molecular complexity index is 1690. The number of aryl methyl sites for hydroxylation is 2. The number of halogens is 1. The van der Waals surface area contributed by atoms with E-state index in [9.17, 15) is 18.0 Å². The van der Waals surface area contributed by atoms with Crippen LogP contribution in [0, 0.1) is 13.8 Å². The van der Waals surface area contributed by atoms with E-state index >= 15 is 0 Å². The number of carbonyl (C=O) groups is 2. The number of nitrogens with zero attached hydrogens (tertiary/aromatic N) is 2. The summed E-state index contributed by atoms with van der Waals surface area (Å²) in [5, 5.41) is 7.19. The van der Waals surface area contributed by atoms with E-state index in [1.165, 1.54) is 18.3 Å². The van der Waals surface area contributed by atoms with Gasteiger partial charge in [-0.25, -0.2) is 13.8 Å². The maximum absolute atomic E-state index is 13.5. The van der Waals surface area contributed by atoms with Crippen molar-refractivity contribution >= 4 is 51.0 Å². The summed E-state index contributed by atoms with van der Waals surface area (Å²) in [7, 11) is -4.03. The van der Waals surface area contributed by atoms with Crippen molar-refractivity contribution in [2.45, 2.75) is 18.7 Å². The number of hydrogen-bond acceptors (Lipinski definition) is 6. The molecular weight excluding hydrogens is 576 g/mol. The Labute approximate surface area is 249 Å². The topological polar surface area (TPSA) is 117 Å². The van der Waals surface area contributed by atoms with Crippen LogP contribution in [0.15, 0.2) is 107 Å². The highest BCUT2D eigenvalue weighted by atomic mass is 35.5. The van der Waals surface area contributed by atoms with E-state index in [4.69, 9.17) is 16.3 Å². The Morgan fingerprint density at radius 1 is 0.905 bits per heavy atom. The van der Waals surface area contributed by atoms with Gasteiger partial charge in [-0.1, -0.05) is 48.0 Å². The molecule has 2 amide bonds. The van der Waals surface area contributed by atoms with Gasteiger partial charge in [-0.3, -0.25) is 13.9 Å². The van der Waals surface area contributed by atoms with Gasteiger partial charge in [0.2, 0.25) is 0 Å². The first-order valence-electron chi connectivity index (χ1n) is 12.9. The highest BCUT2D eigenvalue weighted by molar-refractivity contribution is 7.92. The molecule has 0 spiro atoms. The van der Waals surface area contributed by atoms with Gasteiger partial charge in [0.1, 0.15) is 12.3 Å². The molecule has 0 saturated carbocycles. The van der Waals surface area contributed by atoms with E-state index in [-0.39, 0.29) is 17.4 Å². The molecule has 0 unspecified atom stereocenters. The van der Waals surface area contributed by atoms with Crippen LogP contribution in [0.1, 0.15) is 16.7 Å². The Hall–Kier alpha value is -4.67. The van der Waals surface area contributed by atoms with Crippen LogP contribution in [-0.4, -0.2) is 39.6 Å². The van der Waals surface area contributed by atoms with Crippen LogP contribution >= 0.6 is 11.6 Å². The summed E-state index contributed by atoms with van der Waals surface area (Å²) in [5.41, 5.74) is 5.60. The molecule has 0 aliphatic heterocycles. The third-order valence-electron chi connectivity index (χ3n) is 6.01. The lowest BCUT2D eigenvalue weighted by atomic mass is 10.1. The van der Waals surface area contributed by atoms with E-state index in [1.54, 1.807) is 79.7 Å². The first-order valence-corrected chi connectivity index (χ1v) is 14.7. The van der Waals surface area contributed by atoms with Crippen LogP contribution in [-0.2, 0) is 19.6 Å². The summed E-state index contributed by atoms with van der Waals surface area (Å²) in [6.07, 6.45) is 1.42. The summed E-state index contributed by atoms with van der Waals surface area (Å²) >= 11 is 5.93. The minimum absolute atomic E-state index is 0.0754. The molecule has 0 fully saturated rings. The Morgan fingerprint density at radius 2 is 1.64 bits per heavy atom. The standard InChI is InChI=1S/C31H29ClN4O5S/c1-22-11-12-23(2)29(17-22)36(42(39,40)28-9-4-3-5-10-28)20-30(37)35-33-19-24-13-15-27(16-14-24)41-21-31(38)34-26-8-6-7-25(32)18-26/h3-19H,20-21H2,1-2H3,(H,34,38)(H,35,37)/b33-19-. The quantitative estimate of drug-likeness (QED) is 0.177. The van der Waals surface area contributed by atoms with Crippen LogP contribution < -0.4 is 19.8 Å². The molecule has 11 heteroatoms. The molecule has 42 heavy (non-hydrogen) atoms. The van der Waals surface area contributed by atoms with Gasteiger partial charge in [-0.15, -0.1) is 0 Å². The fourth-order valence-electron chi connectivity index (χ4n) is 3.91. The number of carbonyl (C=O) groups excluding carboxylic acids is 2. The zero-order valence-corrected chi connectivity index (χ0v) is 24.5. The maximum atomic E-state index is 13.5. The smallest absolute Gasteiger partial charge is 0.264 e. The molecular formula is C31H29ClN4O5S. The average molecular weight is 605 g/mol. The summed E-state index contributed by atoms with van der Waals surface area (Å²) in [6, 6.07) is 26.9. The van der Waals surface area contributed by atoms with Crippen molar-refractivity contribution in [2.75, 3.05) is 22.8 Å². The van der Waals surface area contributed by atoms with Crippen LogP contribution in [0.4, 0.5) is 11.4 Å². The van der Waals surface area contributed by atoms with Crippen LogP contribution in [0.5, 0.6) is 5.75 Å². The monoisotopic (exact) mass is 604 g/mol. The van der Waals surface area contributed by atoms with Crippen molar-refractivity contribution in [3.63, 3.8) is 0 Å². The number of hydrazone groups is 1. The molecule has 9 nitrogen and oxygen atoms in total. The van der Waals surface area contributed by atoms with Gasteiger partial charge in [0, 0.05) is 10.7 Å². The molecule has 0 bridgehead atoms. The Kier molecular flexibility index (Phi) is 9.95. The first-order chi connectivity index (χ1) is 20.1. The van der Waals surface area contributed by atoms with Crippen molar-refractivity contribution in [2.24, 2.45) is 5.10 Å². The van der Waals surface area contributed by atoms with E-state index in [0.29, 0.717) is 33.3 Å². The third-order valence-corrected chi connectivity index (χ3v) is 8.02. The SMILES string of the molecule is Cc1ccc(C)c(N(CC(=O)N/N=C\c2ccc(OCC(=O)Nc3cccc(Cl)c3)cc2)S(=O)(=O)c2ccccc2)c1. The second-order valence-corrected chi connectivity index (χ2v) is 11.6. The van der Waals surface area contributed by atoms with Gasteiger partial charge < -0.3 is 10.1 Å². The molecule has 4 rings (SSSR count). The maximum Gasteiger partial charge on any atom is 0.264 e. The Balaban J connectivity index is 1.36. The van der Waals surface area contributed by atoms with E-state index in [1.807, 2.05) is 19.1 Å². The van der Waals surface area contributed by atoms with Crippen molar-refractivity contribution in [3.8, 4) is 5.75 Å². The molecule has 0 aliphatic rings. The largest absolute Gasteiger partial charge is 0.484 e. The van der Waals surface area contributed by atoms with Crippen molar-refractivity contribution in [1.82, 2.24) is 5.43 Å². The highest BCUT2D eigenvalue weighted by Crippen LogP contribution is 2.27. The van der Waals surface area contributed by atoms with Crippen molar-refractivity contribution in [1.29, 1.82) is 0 Å². The van der Waals surface area contributed by atoms with Crippen molar-refractivity contribution < 1.29 is 22.7 Å².